The molecule has 0 bridgehead atoms. The number of ether oxygens (including phenoxy) is 1. The highest BCUT2D eigenvalue weighted by molar-refractivity contribution is 7.15. The molecule has 1 heterocycles. The van der Waals surface area contributed by atoms with E-state index >= 15 is 0 Å². The van der Waals surface area contributed by atoms with Gasteiger partial charge in [0.2, 0.25) is 0 Å². The summed E-state index contributed by atoms with van der Waals surface area (Å²) >= 11 is 7.44. The molecule has 1 N–H and O–H groups in total. The first kappa shape index (κ1) is 30.3. The summed E-state index contributed by atoms with van der Waals surface area (Å²) in [7, 11) is 0. The number of aryl methyl sites for hydroxylation is 1. The topological polar surface area (TPSA) is 81.0 Å². The fourth-order valence-electron chi connectivity index (χ4n) is 3.09. The van der Waals surface area contributed by atoms with Crippen molar-refractivity contribution in [1.82, 2.24) is 4.98 Å². The zero-order valence-corrected chi connectivity index (χ0v) is 22.0. The van der Waals surface area contributed by atoms with Crippen LogP contribution in [0.1, 0.15) is 42.8 Å². The van der Waals surface area contributed by atoms with Crippen molar-refractivity contribution in [2.75, 3.05) is 13.2 Å². The number of aliphatic hydroxyl groups is 1. The van der Waals surface area contributed by atoms with Gasteiger partial charge in [0, 0.05) is 28.5 Å². The number of carbonyl (C=O) groups excluding carboxylic acids is 1. The Kier molecular flexibility index (Phi) is 12.5. The molecule has 0 saturated carbocycles. The third kappa shape index (κ3) is 10.9. The molecule has 0 aliphatic rings. The standard InChI is InChI=1S/C26H28ClF3N2O4S/c1-18(16-31-36-17-34)6-11-22(15-19(2)27)35-14-12-24-23(5-3-4-13-33)32-25(37-24)20-7-9-21(10-8-20)26(28,29)30/h6-11,15-17,33H,3-5,12-14H2,1-2H3/b18-6+,19-15+,22-11+,31-16+. The van der Waals surface area contributed by atoms with Gasteiger partial charge in [-0.2, -0.15) is 13.2 Å². The number of hydrogen-bond donors (Lipinski definition) is 1. The smallest absolute Gasteiger partial charge is 0.416 e. The Bertz CT molecular complexity index is 1140. The molecule has 0 amide bonds. The molecule has 0 spiro atoms. The van der Waals surface area contributed by atoms with Crippen LogP contribution in [0, 0.1) is 0 Å². The average Bonchev–Trinajstić information content (AvgIpc) is 3.25. The van der Waals surface area contributed by atoms with Gasteiger partial charge in [-0.25, -0.2) is 4.98 Å². The lowest BCUT2D eigenvalue weighted by Crippen LogP contribution is -2.03. The predicted molar refractivity (Wildman–Crippen MR) is 139 cm³/mol. The maximum Gasteiger partial charge on any atom is 0.416 e. The van der Waals surface area contributed by atoms with E-state index in [-0.39, 0.29) is 13.1 Å². The number of alkyl halides is 3. The zero-order valence-electron chi connectivity index (χ0n) is 20.4. The summed E-state index contributed by atoms with van der Waals surface area (Å²) in [5.41, 5.74) is 1.45. The number of benzene rings is 1. The normalized spacial score (nSPS) is 13.3. The number of thiazole rings is 1. The van der Waals surface area contributed by atoms with E-state index in [1.54, 1.807) is 32.1 Å². The lowest BCUT2D eigenvalue weighted by Gasteiger charge is -2.07. The molecule has 200 valence electrons. The molecule has 2 aromatic rings. The fraction of sp³-hybridized carbons (Fsp3) is 0.346. The summed E-state index contributed by atoms with van der Waals surface area (Å²) in [5, 5.41) is 13.7. The number of halogens is 4. The second-order valence-corrected chi connectivity index (χ2v) is 9.57. The zero-order chi connectivity index (χ0) is 27.3. The minimum Gasteiger partial charge on any atom is -0.493 e. The number of carbonyl (C=O) groups is 1. The number of nitrogens with zero attached hydrogens (tertiary/aromatic N) is 2. The van der Waals surface area contributed by atoms with Crippen molar-refractivity contribution in [3.05, 3.63) is 75.0 Å². The average molecular weight is 557 g/mol. The van der Waals surface area contributed by atoms with Crippen LogP contribution in [0.4, 0.5) is 13.2 Å². The van der Waals surface area contributed by atoms with Crippen LogP contribution in [0.25, 0.3) is 10.6 Å². The van der Waals surface area contributed by atoms with Crippen LogP contribution < -0.4 is 0 Å². The highest BCUT2D eigenvalue weighted by Gasteiger charge is 2.30. The molecule has 2 rings (SSSR count). The van der Waals surface area contributed by atoms with Crippen LogP contribution in [0.5, 0.6) is 0 Å². The van der Waals surface area contributed by atoms with Gasteiger partial charge in [-0.05, 0) is 63.0 Å². The monoisotopic (exact) mass is 556 g/mol. The Hall–Kier alpha value is -2.95. The Morgan fingerprint density at radius 2 is 1.89 bits per heavy atom. The van der Waals surface area contributed by atoms with Gasteiger partial charge in [0.25, 0.3) is 0 Å². The number of aromatic nitrogens is 1. The molecular formula is C26H28ClF3N2O4S. The molecule has 0 radical (unpaired) electrons. The highest BCUT2D eigenvalue weighted by Crippen LogP contribution is 2.33. The summed E-state index contributed by atoms with van der Waals surface area (Å²) in [6, 6.07) is 4.95. The third-order valence-electron chi connectivity index (χ3n) is 4.87. The summed E-state index contributed by atoms with van der Waals surface area (Å²) in [4.78, 5) is 20.1. The van der Waals surface area contributed by atoms with Crippen molar-refractivity contribution in [2.45, 2.75) is 45.7 Å². The van der Waals surface area contributed by atoms with Crippen LogP contribution in [0.3, 0.4) is 0 Å². The van der Waals surface area contributed by atoms with E-state index in [9.17, 15) is 18.0 Å². The molecule has 1 aromatic carbocycles. The predicted octanol–water partition coefficient (Wildman–Crippen LogP) is 6.83. The molecule has 1 aromatic heterocycles. The summed E-state index contributed by atoms with van der Waals surface area (Å²) in [5.74, 6) is 0.505. The number of hydrogen-bond acceptors (Lipinski definition) is 7. The Morgan fingerprint density at radius 1 is 1.16 bits per heavy atom. The van der Waals surface area contributed by atoms with Gasteiger partial charge in [0.15, 0.2) is 0 Å². The first-order chi connectivity index (χ1) is 17.6. The SMILES string of the molecule is C\C(Cl)=C/C(=C\C=C(C)\C=N\OC=O)OCCc1sc(-c2ccc(C(F)(F)F)cc2)nc1CCCCO. The van der Waals surface area contributed by atoms with E-state index in [1.807, 2.05) is 0 Å². The van der Waals surface area contributed by atoms with E-state index < -0.39 is 11.7 Å². The second-order valence-electron chi connectivity index (χ2n) is 7.89. The van der Waals surface area contributed by atoms with Crippen LogP contribution >= 0.6 is 22.9 Å². The molecule has 0 unspecified atom stereocenters. The number of aliphatic hydroxyl groups excluding tert-OH is 1. The first-order valence-corrected chi connectivity index (χ1v) is 12.6. The molecule has 0 atom stereocenters. The van der Waals surface area contributed by atoms with Crippen LogP contribution in [-0.2, 0) is 33.4 Å². The molecule has 6 nitrogen and oxygen atoms in total. The minimum absolute atomic E-state index is 0.0749. The van der Waals surface area contributed by atoms with Gasteiger partial charge < -0.3 is 14.7 Å². The highest BCUT2D eigenvalue weighted by atomic mass is 35.5. The molecular weight excluding hydrogens is 529 g/mol. The number of unbranched alkanes of at least 4 members (excludes halogenated alkanes) is 1. The summed E-state index contributed by atoms with van der Waals surface area (Å²) in [6.07, 6.45) is 4.59. The summed E-state index contributed by atoms with van der Waals surface area (Å²) in [6.45, 7) is 4.08. The Morgan fingerprint density at radius 3 is 2.51 bits per heavy atom. The lowest BCUT2D eigenvalue weighted by atomic mass is 10.1. The largest absolute Gasteiger partial charge is 0.493 e. The van der Waals surface area contributed by atoms with Crippen LogP contribution in [0.15, 0.2) is 64.0 Å². The van der Waals surface area contributed by atoms with E-state index in [2.05, 4.69) is 15.0 Å². The van der Waals surface area contributed by atoms with Crippen molar-refractivity contribution >= 4 is 35.6 Å². The van der Waals surface area contributed by atoms with Crippen molar-refractivity contribution in [1.29, 1.82) is 0 Å². The quantitative estimate of drug-likeness (QED) is 0.0524. The van der Waals surface area contributed by atoms with Crippen molar-refractivity contribution < 1.29 is 32.6 Å². The van der Waals surface area contributed by atoms with E-state index in [0.717, 1.165) is 29.1 Å². The Balaban J connectivity index is 2.19. The van der Waals surface area contributed by atoms with Crippen LogP contribution in [0.2, 0.25) is 0 Å². The van der Waals surface area contributed by atoms with Gasteiger partial charge in [-0.3, -0.25) is 4.79 Å². The van der Waals surface area contributed by atoms with Crippen molar-refractivity contribution in [3.63, 3.8) is 0 Å². The maximum atomic E-state index is 12.9. The fourth-order valence-corrected chi connectivity index (χ4v) is 4.30. The van der Waals surface area contributed by atoms with Gasteiger partial charge in [0.1, 0.15) is 10.8 Å². The second kappa shape index (κ2) is 15.3. The van der Waals surface area contributed by atoms with E-state index in [4.69, 9.17) is 21.4 Å². The molecule has 37 heavy (non-hydrogen) atoms. The number of allylic oxidation sites excluding steroid dienone is 5. The maximum absolute atomic E-state index is 12.9. The third-order valence-corrected chi connectivity index (χ3v) is 6.18. The van der Waals surface area contributed by atoms with Crippen LogP contribution in [-0.4, -0.2) is 36.0 Å². The minimum atomic E-state index is -4.40. The molecule has 11 heteroatoms. The first-order valence-electron chi connectivity index (χ1n) is 11.4. The van der Waals surface area contributed by atoms with Gasteiger partial charge >= 0.3 is 12.6 Å². The molecule has 0 fully saturated rings. The van der Waals surface area contributed by atoms with Gasteiger partial charge in [-0.15, -0.1) is 11.3 Å². The molecule has 0 aliphatic heterocycles. The van der Waals surface area contributed by atoms with E-state index in [0.29, 0.717) is 52.8 Å². The van der Waals surface area contributed by atoms with Crippen molar-refractivity contribution in [2.24, 2.45) is 5.16 Å². The van der Waals surface area contributed by atoms with Gasteiger partial charge in [0.05, 0.1) is 24.1 Å². The number of oxime groups is 1. The van der Waals surface area contributed by atoms with Gasteiger partial charge in [-0.1, -0.05) is 35.0 Å². The molecule has 0 aliphatic carbocycles. The molecule has 0 saturated heterocycles. The Labute approximate surface area is 222 Å². The summed E-state index contributed by atoms with van der Waals surface area (Å²) < 4.78 is 44.7. The van der Waals surface area contributed by atoms with E-state index in [1.165, 1.54) is 29.7 Å². The number of rotatable bonds is 14. The van der Waals surface area contributed by atoms with Crippen molar-refractivity contribution in [3.8, 4) is 10.6 Å². The lowest BCUT2D eigenvalue weighted by molar-refractivity contribution is -0.137.